The van der Waals surface area contributed by atoms with Crippen LogP contribution in [0.3, 0.4) is 0 Å². The lowest BCUT2D eigenvalue weighted by Gasteiger charge is -2.19. The number of aromatic nitrogens is 2. The van der Waals surface area contributed by atoms with E-state index in [1.165, 1.54) is 0 Å². The first-order valence-corrected chi connectivity index (χ1v) is 8.89. The second-order valence-corrected chi connectivity index (χ2v) is 6.87. The van der Waals surface area contributed by atoms with Gasteiger partial charge in [0.1, 0.15) is 5.60 Å². The third-order valence-corrected chi connectivity index (χ3v) is 3.41. The van der Waals surface area contributed by atoms with Gasteiger partial charge >= 0.3 is 6.09 Å². The van der Waals surface area contributed by atoms with Crippen molar-refractivity contribution in [1.29, 1.82) is 0 Å². The monoisotopic (exact) mass is 500 g/mol. The molecule has 0 aliphatic rings. The van der Waals surface area contributed by atoms with E-state index in [-0.39, 0.29) is 24.0 Å². The fourth-order valence-corrected chi connectivity index (χ4v) is 2.24. The molecular formula is C19H29IN6O2. The summed E-state index contributed by atoms with van der Waals surface area (Å²) in [6, 6.07) is 11.9. The van der Waals surface area contributed by atoms with Crippen LogP contribution in [0.5, 0.6) is 0 Å². The van der Waals surface area contributed by atoms with Gasteiger partial charge in [-0.25, -0.2) is 9.48 Å². The molecular weight excluding hydrogens is 471 g/mol. The Morgan fingerprint density at radius 1 is 1.11 bits per heavy atom. The molecule has 0 saturated carbocycles. The molecule has 9 heteroatoms. The Morgan fingerprint density at radius 2 is 1.79 bits per heavy atom. The van der Waals surface area contributed by atoms with Crippen molar-refractivity contribution in [2.75, 3.05) is 20.1 Å². The minimum Gasteiger partial charge on any atom is -0.444 e. The largest absolute Gasteiger partial charge is 0.444 e. The van der Waals surface area contributed by atoms with Gasteiger partial charge in [-0.1, -0.05) is 18.2 Å². The zero-order chi connectivity index (χ0) is 19.7. The standard InChI is InChI=1S/C19H28N6O2.HI/c1-19(2,3)27-18(26)22-12-11-21-17(20-4)23-14-15-10-13-25(24-15)16-8-6-5-7-9-16;/h5-10,13H,11-12,14H2,1-4H3,(H,22,26)(H2,20,21,23);1H. The predicted molar refractivity (Wildman–Crippen MR) is 121 cm³/mol. The van der Waals surface area contributed by atoms with Crippen LogP contribution >= 0.6 is 24.0 Å². The Labute approximate surface area is 183 Å². The number of nitrogens with one attached hydrogen (secondary N) is 3. The van der Waals surface area contributed by atoms with Crippen LogP contribution in [0.2, 0.25) is 0 Å². The van der Waals surface area contributed by atoms with Gasteiger partial charge in [0.15, 0.2) is 5.96 Å². The van der Waals surface area contributed by atoms with Crippen LogP contribution in [0.15, 0.2) is 47.6 Å². The molecule has 2 aromatic rings. The molecule has 0 atom stereocenters. The van der Waals surface area contributed by atoms with Crippen molar-refractivity contribution >= 4 is 36.0 Å². The molecule has 3 N–H and O–H groups in total. The summed E-state index contributed by atoms with van der Waals surface area (Å²) in [4.78, 5) is 15.7. The zero-order valence-corrected chi connectivity index (χ0v) is 19.1. The van der Waals surface area contributed by atoms with Gasteiger partial charge in [-0.05, 0) is 39.0 Å². The number of guanidine groups is 1. The second kappa shape index (κ2) is 11.5. The minimum atomic E-state index is -0.502. The molecule has 0 unspecified atom stereocenters. The molecule has 0 saturated heterocycles. The smallest absolute Gasteiger partial charge is 0.407 e. The van der Waals surface area contributed by atoms with Gasteiger partial charge in [0.2, 0.25) is 0 Å². The number of benzene rings is 1. The maximum atomic E-state index is 11.6. The number of hydrogen-bond donors (Lipinski definition) is 3. The molecule has 8 nitrogen and oxygen atoms in total. The van der Waals surface area contributed by atoms with Gasteiger partial charge in [-0.15, -0.1) is 24.0 Å². The number of nitrogens with zero attached hydrogens (tertiary/aromatic N) is 3. The second-order valence-electron chi connectivity index (χ2n) is 6.87. The van der Waals surface area contributed by atoms with Crippen LogP contribution < -0.4 is 16.0 Å². The molecule has 1 aromatic heterocycles. The molecule has 0 radical (unpaired) electrons. The number of halogens is 1. The van der Waals surface area contributed by atoms with Gasteiger partial charge in [-0.3, -0.25) is 4.99 Å². The molecule has 1 heterocycles. The summed E-state index contributed by atoms with van der Waals surface area (Å²) in [5.41, 5.74) is 1.41. The van der Waals surface area contributed by atoms with Crippen molar-refractivity contribution in [2.45, 2.75) is 32.9 Å². The van der Waals surface area contributed by atoms with Crippen molar-refractivity contribution in [3.63, 3.8) is 0 Å². The Balaban J connectivity index is 0.00000392. The summed E-state index contributed by atoms with van der Waals surface area (Å²) in [5, 5.41) is 13.6. The summed E-state index contributed by atoms with van der Waals surface area (Å²) >= 11 is 0. The van der Waals surface area contributed by atoms with E-state index in [1.807, 2.05) is 68.0 Å². The SMILES string of the molecule is CN=C(NCCNC(=O)OC(C)(C)C)NCc1ccn(-c2ccccc2)n1.I. The first-order chi connectivity index (χ1) is 12.9. The molecule has 0 bridgehead atoms. The van der Waals surface area contributed by atoms with Gasteiger partial charge < -0.3 is 20.7 Å². The Morgan fingerprint density at radius 3 is 2.43 bits per heavy atom. The van der Waals surface area contributed by atoms with Crippen molar-refractivity contribution in [1.82, 2.24) is 25.7 Å². The van der Waals surface area contributed by atoms with Crippen LogP contribution in [0.25, 0.3) is 5.69 Å². The summed E-state index contributed by atoms with van der Waals surface area (Å²) < 4.78 is 7.01. The van der Waals surface area contributed by atoms with E-state index in [2.05, 4.69) is 26.0 Å². The lowest BCUT2D eigenvalue weighted by Crippen LogP contribution is -2.42. The topological polar surface area (TPSA) is 92.6 Å². The molecule has 0 fully saturated rings. The number of carbonyl (C=O) groups excluding carboxylic acids is 1. The first-order valence-electron chi connectivity index (χ1n) is 8.89. The van der Waals surface area contributed by atoms with Crippen molar-refractivity contribution < 1.29 is 9.53 Å². The molecule has 2 rings (SSSR count). The maximum Gasteiger partial charge on any atom is 0.407 e. The number of alkyl carbamates (subject to hydrolysis) is 1. The number of rotatable bonds is 6. The van der Waals surface area contributed by atoms with Gasteiger partial charge in [0, 0.05) is 26.3 Å². The third kappa shape index (κ3) is 8.59. The van der Waals surface area contributed by atoms with Crippen molar-refractivity contribution in [2.24, 2.45) is 4.99 Å². The average molecular weight is 500 g/mol. The number of aliphatic imine (C=N–C) groups is 1. The molecule has 0 aliphatic heterocycles. The molecule has 154 valence electrons. The maximum absolute atomic E-state index is 11.6. The predicted octanol–water partition coefficient (Wildman–Crippen LogP) is 2.68. The van der Waals surface area contributed by atoms with Gasteiger partial charge in [0.05, 0.1) is 17.9 Å². The van der Waals surface area contributed by atoms with Gasteiger partial charge in [-0.2, -0.15) is 5.10 Å². The zero-order valence-electron chi connectivity index (χ0n) is 16.7. The fraction of sp³-hybridized carbons (Fsp3) is 0.421. The molecule has 0 aliphatic carbocycles. The molecule has 28 heavy (non-hydrogen) atoms. The summed E-state index contributed by atoms with van der Waals surface area (Å²) in [5.74, 6) is 0.634. The molecule has 1 amide bonds. The highest BCUT2D eigenvalue weighted by atomic mass is 127. The van der Waals surface area contributed by atoms with Crippen LogP contribution in [-0.2, 0) is 11.3 Å². The van der Waals surface area contributed by atoms with Crippen LogP contribution in [0.4, 0.5) is 4.79 Å². The van der Waals surface area contributed by atoms with E-state index in [4.69, 9.17) is 4.74 Å². The van der Waals surface area contributed by atoms with E-state index < -0.39 is 11.7 Å². The van der Waals surface area contributed by atoms with E-state index in [1.54, 1.807) is 7.05 Å². The quantitative estimate of drug-likeness (QED) is 0.246. The Bertz CT molecular complexity index is 755. The van der Waals surface area contributed by atoms with Crippen molar-refractivity contribution in [3.8, 4) is 5.69 Å². The highest BCUT2D eigenvalue weighted by Gasteiger charge is 2.15. The van der Waals surface area contributed by atoms with E-state index >= 15 is 0 Å². The Hall–Kier alpha value is -2.30. The summed E-state index contributed by atoms with van der Waals surface area (Å²) in [6.07, 6.45) is 1.49. The number of carbonyl (C=O) groups is 1. The number of hydrogen-bond acceptors (Lipinski definition) is 4. The Kier molecular flexibility index (Phi) is 9.77. The minimum absolute atomic E-state index is 0. The highest BCUT2D eigenvalue weighted by molar-refractivity contribution is 14.0. The third-order valence-electron chi connectivity index (χ3n) is 3.41. The van der Waals surface area contributed by atoms with Crippen LogP contribution in [0, 0.1) is 0 Å². The van der Waals surface area contributed by atoms with E-state index in [9.17, 15) is 4.79 Å². The van der Waals surface area contributed by atoms with E-state index in [0.717, 1.165) is 11.4 Å². The van der Waals surface area contributed by atoms with Crippen LogP contribution in [-0.4, -0.2) is 47.6 Å². The summed E-state index contributed by atoms with van der Waals surface area (Å²) in [6.45, 7) is 6.98. The van der Waals surface area contributed by atoms with Crippen molar-refractivity contribution in [3.05, 3.63) is 48.3 Å². The van der Waals surface area contributed by atoms with E-state index in [0.29, 0.717) is 25.6 Å². The highest BCUT2D eigenvalue weighted by Crippen LogP contribution is 2.07. The van der Waals surface area contributed by atoms with Gasteiger partial charge in [0.25, 0.3) is 0 Å². The average Bonchev–Trinajstić information content (AvgIpc) is 3.09. The molecule has 0 spiro atoms. The number of para-hydroxylation sites is 1. The number of amides is 1. The first kappa shape index (κ1) is 23.7. The molecule has 1 aromatic carbocycles. The summed E-state index contributed by atoms with van der Waals surface area (Å²) in [7, 11) is 1.69. The van der Waals surface area contributed by atoms with Crippen LogP contribution in [0.1, 0.15) is 26.5 Å². The fourth-order valence-electron chi connectivity index (χ4n) is 2.24. The normalized spacial score (nSPS) is 11.4. The lowest BCUT2D eigenvalue weighted by molar-refractivity contribution is 0.0529. The lowest BCUT2D eigenvalue weighted by atomic mass is 10.2. The number of ether oxygens (including phenoxy) is 1.